The topological polar surface area (TPSA) is 106 Å². The van der Waals surface area contributed by atoms with E-state index in [4.69, 9.17) is 14.4 Å². The van der Waals surface area contributed by atoms with Gasteiger partial charge in [0, 0.05) is 0 Å². The van der Waals surface area contributed by atoms with Crippen molar-refractivity contribution < 1.29 is 13.9 Å². The summed E-state index contributed by atoms with van der Waals surface area (Å²) in [5.74, 6) is 0.983. The van der Waals surface area contributed by atoms with Gasteiger partial charge in [-0.15, -0.1) is 0 Å². The number of hydrogen-bond acceptors (Lipinski definition) is 6. The molecule has 4 rings (SSSR count). The molecule has 0 radical (unpaired) electrons. The van der Waals surface area contributed by atoms with Crippen molar-refractivity contribution in [3.8, 4) is 11.8 Å². The zero-order valence-corrected chi connectivity index (χ0v) is 16.5. The van der Waals surface area contributed by atoms with Crippen molar-refractivity contribution in [2.45, 2.75) is 19.2 Å². The fourth-order valence-electron chi connectivity index (χ4n) is 3.02. The Morgan fingerprint density at radius 1 is 1.13 bits per heavy atom. The molecule has 0 aliphatic heterocycles. The number of amides is 1. The molecule has 2 heterocycles. The molecule has 31 heavy (non-hydrogen) atoms. The van der Waals surface area contributed by atoms with Gasteiger partial charge in [0.05, 0.1) is 24.2 Å². The Morgan fingerprint density at radius 2 is 1.94 bits per heavy atom. The van der Waals surface area contributed by atoms with E-state index in [-0.39, 0.29) is 24.3 Å². The molecular weight excluding hydrogens is 394 g/mol. The summed E-state index contributed by atoms with van der Waals surface area (Å²) >= 11 is 0. The highest BCUT2D eigenvalue weighted by Crippen LogP contribution is 2.18. The number of carbonyl (C=O) groups is 1. The van der Waals surface area contributed by atoms with Crippen LogP contribution in [0.1, 0.15) is 33.5 Å². The second-order valence-corrected chi connectivity index (χ2v) is 6.75. The molecule has 8 heteroatoms. The summed E-state index contributed by atoms with van der Waals surface area (Å²) in [6.45, 7) is 0.603. The lowest BCUT2D eigenvalue weighted by Crippen LogP contribution is -2.31. The number of nitriles is 1. The monoisotopic (exact) mass is 413 g/mol. The third-order valence-corrected chi connectivity index (χ3v) is 4.59. The molecule has 0 aliphatic carbocycles. The molecule has 0 aliphatic rings. The van der Waals surface area contributed by atoms with Crippen LogP contribution in [-0.4, -0.2) is 20.7 Å². The molecule has 0 spiro atoms. The van der Waals surface area contributed by atoms with Gasteiger partial charge in [-0.3, -0.25) is 9.48 Å². The third kappa shape index (κ3) is 5.16. The van der Waals surface area contributed by atoms with Crippen molar-refractivity contribution in [2.24, 2.45) is 0 Å². The van der Waals surface area contributed by atoms with E-state index in [1.807, 2.05) is 30.3 Å². The predicted molar refractivity (Wildman–Crippen MR) is 111 cm³/mol. The highest BCUT2D eigenvalue weighted by Gasteiger charge is 2.19. The maximum Gasteiger partial charge on any atom is 0.287 e. The number of nitrogens with zero attached hydrogens (tertiary/aromatic N) is 4. The minimum Gasteiger partial charge on any atom is -0.486 e. The van der Waals surface area contributed by atoms with Gasteiger partial charge >= 0.3 is 0 Å². The summed E-state index contributed by atoms with van der Waals surface area (Å²) in [5.41, 5.74) is 1.51. The maximum absolute atomic E-state index is 12.8. The van der Waals surface area contributed by atoms with Gasteiger partial charge in [0.25, 0.3) is 5.91 Å². The molecule has 0 fully saturated rings. The van der Waals surface area contributed by atoms with Crippen LogP contribution < -0.4 is 10.1 Å². The van der Waals surface area contributed by atoms with E-state index in [1.54, 1.807) is 47.4 Å². The van der Waals surface area contributed by atoms with Crippen LogP contribution in [0.4, 0.5) is 0 Å². The normalized spacial score (nSPS) is 11.5. The van der Waals surface area contributed by atoms with Gasteiger partial charge < -0.3 is 14.5 Å². The third-order valence-electron chi connectivity index (χ3n) is 4.59. The van der Waals surface area contributed by atoms with Crippen molar-refractivity contribution >= 4 is 5.91 Å². The molecule has 1 atom stereocenters. The number of hydrogen-bond donors (Lipinski definition) is 1. The van der Waals surface area contributed by atoms with Crippen LogP contribution >= 0.6 is 0 Å². The fourth-order valence-corrected chi connectivity index (χ4v) is 3.02. The van der Waals surface area contributed by atoms with Crippen molar-refractivity contribution in [1.29, 1.82) is 5.26 Å². The molecular formula is C23H19N5O3. The Hall–Kier alpha value is -4.38. The number of aromatic nitrogens is 3. The summed E-state index contributed by atoms with van der Waals surface area (Å²) in [6.07, 6.45) is 3.06. The zero-order chi connectivity index (χ0) is 21.5. The summed E-state index contributed by atoms with van der Waals surface area (Å²) in [5, 5.41) is 16.0. The number of carbonyl (C=O) groups excluding carboxylic acids is 1. The Bertz CT molecular complexity index is 1160. The van der Waals surface area contributed by atoms with E-state index in [9.17, 15) is 4.79 Å². The molecule has 1 unspecified atom stereocenters. The van der Waals surface area contributed by atoms with Gasteiger partial charge in [-0.2, -0.15) is 10.4 Å². The predicted octanol–water partition coefficient (Wildman–Crippen LogP) is 3.49. The lowest BCUT2D eigenvalue weighted by Gasteiger charge is -2.18. The second-order valence-electron chi connectivity index (χ2n) is 6.75. The Kier molecular flexibility index (Phi) is 6.05. The largest absolute Gasteiger partial charge is 0.486 e. The molecule has 0 saturated heterocycles. The molecule has 1 amide bonds. The fraction of sp³-hybridized carbons (Fsp3) is 0.130. The number of furan rings is 1. The van der Waals surface area contributed by atoms with Crippen LogP contribution in [0.2, 0.25) is 0 Å². The molecule has 1 N–H and O–H groups in total. The molecule has 0 saturated carbocycles. The first-order valence-electron chi connectivity index (χ1n) is 9.61. The number of rotatable bonds is 8. The van der Waals surface area contributed by atoms with Crippen LogP contribution in [-0.2, 0) is 13.2 Å². The van der Waals surface area contributed by atoms with Crippen molar-refractivity contribution in [1.82, 2.24) is 20.1 Å². The molecule has 2 aromatic heterocycles. The Morgan fingerprint density at radius 3 is 2.65 bits per heavy atom. The average Bonchev–Trinajstić information content (AvgIpc) is 3.50. The van der Waals surface area contributed by atoms with Gasteiger partial charge in [0.2, 0.25) is 0 Å². The van der Waals surface area contributed by atoms with Gasteiger partial charge in [0.1, 0.15) is 30.8 Å². The first kappa shape index (κ1) is 19.9. The lowest BCUT2D eigenvalue weighted by atomic mass is 10.1. The van der Waals surface area contributed by atoms with Crippen LogP contribution in [0.25, 0.3) is 0 Å². The summed E-state index contributed by atoms with van der Waals surface area (Å²) in [4.78, 5) is 16.7. The van der Waals surface area contributed by atoms with E-state index in [0.29, 0.717) is 23.6 Å². The van der Waals surface area contributed by atoms with Crippen molar-refractivity contribution in [3.63, 3.8) is 0 Å². The van der Waals surface area contributed by atoms with Gasteiger partial charge in [-0.25, -0.2) is 4.98 Å². The summed E-state index contributed by atoms with van der Waals surface area (Å²) < 4.78 is 13.0. The maximum atomic E-state index is 12.8. The Labute approximate surface area is 178 Å². The second kappa shape index (κ2) is 9.41. The van der Waals surface area contributed by atoms with Gasteiger partial charge in [-0.1, -0.05) is 30.3 Å². The van der Waals surface area contributed by atoms with E-state index in [2.05, 4.69) is 21.5 Å². The standard InChI is InChI=1S/C23H19N5O3/c24-12-17-6-8-19(9-7-17)30-14-20-10-11-22(31-20)23(29)27-21(13-28-16-25-15-26-28)18-4-2-1-3-5-18/h1-11,15-16,21H,13-14H2,(H,27,29). The zero-order valence-electron chi connectivity index (χ0n) is 16.5. The number of ether oxygens (including phenoxy) is 1. The van der Waals surface area contributed by atoms with Crippen molar-refractivity contribution in [3.05, 3.63) is 102 Å². The minimum atomic E-state index is -0.335. The summed E-state index contributed by atoms with van der Waals surface area (Å²) in [7, 11) is 0. The van der Waals surface area contributed by atoms with Crippen LogP contribution in [0.5, 0.6) is 5.75 Å². The van der Waals surface area contributed by atoms with Crippen LogP contribution in [0, 0.1) is 11.3 Å². The quantitative estimate of drug-likeness (QED) is 0.474. The van der Waals surface area contributed by atoms with Gasteiger partial charge in [0.15, 0.2) is 5.76 Å². The highest BCUT2D eigenvalue weighted by atomic mass is 16.5. The average molecular weight is 413 g/mol. The van der Waals surface area contributed by atoms with E-state index in [0.717, 1.165) is 5.56 Å². The number of nitrogens with one attached hydrogen (secondary N) is 1. The van der Waals surface area contributed by atoms with Crippen LogP contribution in [0.3, 0.4) is 0 Å². The lowest BCUT2D eigenvalue weighted by molar-refractivity contribution is 0.0899. The van der Waals surface area contributed by atoms with E-state index >= 15 is 0 Å². The number of benzene rings is 2. The summed E-state index contributed by atoms with van der Waals surface area (Å²) in [6, 6.07) is 21.5. The molecule has 4 aromatic rings. The molecule has 2 aromatic carbocycles. The molecule has 8 nitrogen and oxygen atoms in total. The minimum absolute atomic E-state index is 0.167. The highest BCUT2D eigenvalue weighted by molar-refractivity contribution is 5.91. The first-order chi connectivity index (χ1) is 15.2. The van der Waals surface area contributed by atoms with Crippen LogP contribution in [0.15, 0.2) is 83.8 Å². The first-order valence-corrected chi connectivity index (χ1v) is 9.61. The molecule has 0 bridgehead atoms. The smallest absolute Gasteiger partial charge is 0.287 e. The van der Waals surface area contributed by atoms with Crippen molar-refractivity contribution in [2.75, 3.05) is 0 Å². The van der Waals surface area contributed by atoms with E-state index < -0.39 is 0 Å². The SMILES string of the molecule is N#Cc1ccc(OCc2ccc(C(=O)NC(Cn3cncn3)c3ccccc3)o2)cc1. The van der Waals surface area contributed by atoms with Gasteiger partial charge in [-0.05, 0) is 42.0 Å². The molecule has 154 valence electrons. The Balaban J connectivity index is 1.41. The van der Waals surface area contributed by atoms with E-state index in [1.165, 1.54) is 6.33 Å².